The summed E-state index contributed by atoms with van der Waals surface area (Å²) in [5.74, 6) is -0.582. The zero-order valence-corrected chi connectivity index (χ0v) is 12.7. The Morgan fingerprint density at radius 3 is 2.67 bits per heavy atom. The molecule has 2 aromatic carbocycles. The number of hydrogen-bond acceptors (Lipinski definition) is 6. The zero-order valence-electron chi connectivity index (χ0n) is 12.7. The van der Waals surface area contributed by atoms with Gasteiger partial charge in [0.05, 0.1) is 18.2 Å². The molecule has 0 saturated carbocycles. The number of aliphatic hydroxyl groups excluding tert-OH is 1. The van der Waals surface area contributed by atoms with Gasteiger partial charge in [-0.25, -0.2) is 5.43 Å². The van der Waals surface area contributed by atoms with E-state index in [1.807, 2.05) is 0 Å². The molecule has 0 heterocycles. The number of hydrazone groups is 1. The number of benzene rings is 2. The van der Waals surface area contributed by atoms with Crippen LogP contribution < -0.4 is 10.2 Å². The van der Waals surface area contributed by atoms with Crippen LogP contribution >= 0.6 is 0 Å². The molecule has 1 amide bonds. The van der Waals surface area contributed by atoms with E-state index in [0.717, 1.165) is 0 Å². The van der Waals surface area contributed by atoms with Gasteiger partial charge in [-0.15, -0.1) is 0 Å². The Morgan fingerprint density at radius 2 is 2.04 bits per heavy atom. The number of carbonyl (C=O) groups excluding carboxylic acids is 1. The van der Waals surface area contributed by atoms with E-state index in [1.165, 1.54) is 25.5 Å². The molecule has 1 unspecified atom stereocenters. The lowest BCUT2D eigenvalue weighted by molar-refractivity contribution is -0.385. The molecular weight excluding hydrogens is 314 g/mol. The van der Waals surface area contributed by atoms with E-state index in [9.17, 15) is 20.0 Å². The summed E-state index contributed by atoms with van der Waals surface area (Å²) in [7, 11) is 1.33. The Bertz CT molecular complexity index is 762. The van der Waals surface area contributed by atoms with E-state index in [-0.39, 0.29) is 11.4 Å². The van der Waals surface area contributed by atoms with Crippen LogP contribution in [0.4, 0.5) is 5.69 Å². The van der Waals surface area contributed by atoms with Crippen molar-refractivity contribution >= 4 is 17.8 Å². The maximum absolute atomic E-state index is 11.8. The van der Waals surface area contributed by atoms with Crippen molar-refractivity contribution in [1.82, 2.24) is 5.43 Å². The average Bonchev–Trinajstić information content (AvgIpc) is 2.61. The minimum atomic E-state index is -1.35. The van der Waals surface area contributed by atoms with Crippen LogP contribution in [-0.4, -0.2) is 29.3 Å². The van der Waals surface area contributed by atoms with Crippen molar-refractivity contribution in [3.63, 3.8) is 0 Å². The van der Waals surface area contributed by atoms with Crippen molar-refractivity contribution in [3.8, 4) is 5.75 Å². The van der Waals surface area contributed by atoms with Crippen LogP contribution in [0.25, 0.3) is 0 Å². The number of ether oxygens (including phenoxy) is 1. The van der Waals surface area contributed by atoms with Gasteiger partial charge in [-0.3, -0.25) is 14.9 Å². The lowest BCUT2D eigenvalue weighted by Crippen LogP contribution is -2.25. The fourth-order valence-electron chi connectivity index (χ4n) is 1.95. The summed E-state index contributed by atoms with van der Waals surface area (Å²) in [6.45, 7) is 0. The van der Waals surface area contributed by atoms with Crippen LogP contribution in [0.3, 0.4) is 0 Å². The van der Waals surface area contributed by atoms with Crippen molar-refractivity contribution in [3.05, 3.63) is 69.8 Å². The normalized spacial score (nSPS) is 11.9. The predicted molar refractivity (Wildman–Crippen MR) is 86.8 cm³/mol. The molecule has 1 atom stereocenters. The molecule has 8 nitrogen and oxygen atoms in total. The highest BCUT2D eigenvalue weighted by Gasteiger charge is 2.16. The minimum Gasteiger partial charge on any atom is -0.490 e. The van der Waals surface area contributed by atoms with Crippen LogP contribution in [0.2, 0.25) is 0 Å². The van der Waals surface area contributed by atoms with E-state index in [4.69, 9.17) is 4.74 Å². The molecule has 0 bridgehead atoms. The molecule has 0 radical (unpaired) electrons. The molecule has 0 aliphatic carbocycles. The fourth-order valence-corrected chi connectivity index (χ4v) is 1.95. The second-order valence-electron chi connectivity index (χ2n) is 4.74. The first-order valence-electron chi connectivity index (χ1n) is 6.91. The van der Waals surface area contributed by atoms with Gasteiger partial charge in [0, 0.05) is 11.6 Å². The van der Waals surface area contributed by atoms with Gasteiger partial charge in [-0.1, -0.05) is 30.3 Å². The first-order chi connectivity index (χ1) is 11.5. The third-order valence-corrected chi connectivity index (χ3v) is 3.15. The van der Waals surface area contributed by atoms with Crippen molar-refractivity contribution in [1.29, 1.82) is 0 Å². The Balaban J connectivity index is 2.05. The Morgan fingerprint density at radius 1 is 1.33 bits per heavy atom. The van der Waals surface area contributed by atoms with E-state index < -0.39 is 16.9 Å². The number of amides is 1. The Labute approximate surface area is 137 Å². The highest BCUT2D eigenvalue weighted by atomic mass is 16.6. The number of aliphatic hydroxyl groups is 1. The van der Waals surface area contributed by atoms with Gasteiger partial charge in [0.1, 0.15) is 0 Å². The number of carbonyl (C=O) groups is 1. The van der Waals surface area contributed by atoms with Gasteiger partial charge in [-0.05, 0) is 17.7 Å². The molecule has 0 spiro atoms. The predicted octanol–water partition coefficient (Wildman–Crippen LogP) is 1.79. The molecule has 2 rings (SSSR count). The van der Waals surface area contributed by atoms with Gasteiger partial charge in [-0.2, -0.15) is 5.10 Å². The number of nitrogens with zero attached hydrogens (tertiary/aromatic N) is 2. The summed E-state index contributed by atoms with van der Waals surface area (Å²) < 4.78 is 4.90. The molecular formula is C16H15N3O5. The van der Waals surface area contributed by atoms with Gasteiger partial charge in [0.25, 0.3) is 5.91 Å². The molecule has 2 aromatic rings. The molecule has 0 aromatic heterocycles. The molecule has 24 heavy (non-hydrogen) atoms. The van der Waals surface area contributed by atoms with Crippen LogP contribution in [-0.2, 0) is 4.79 Å². The molecule has 8 heteroatoms. The number of rotatable bonds is 6. The van der Waals surface area contributed by atoms with Crippen molar-refractivity contribution in [2.24, 2.45) is 5.10 Å². The Kier molecular flexibility index (Phi) is 5.58. The van der Waals surface area contributed by atoms with Crippen LogP contribution in [0.15, 0.2) is 53.6 Å². The van der Waals surface area contributed by atoms with Gasteiger partial charge >= 0.3 is 5.69 Å². The molecule has 0 aliphatic heterocycles. The van der Waals surface area contributed by atoms with Crippen molar-refractivity contribution in [2.75, 3.05) is 7.11 Å². The molecule has 0 saturated heterocycles. The number of hydrogen-bond donors (Lipinski definition) is 2. The first kappa shape index (κ1) is 17.1. The smallest absolute Gasteiger partial charge is 0.311 e. The third kappa shape index (κ3) is 4.14. The summed E-state index contributed by atoms with van der Waals surface area (Å²) in [5, 5.41) is 24.5. The SMILES string of the molecule is COc1ccc(C=NNC(=O)C(O)c2ccccc2)cc1[N+](=O)[O-]. The lowest BCUT2D eigenvalue weighted by atomic mass is 10.1. The fraction of sp³-hybridized carbons (Fsp3) is 0.125. The standard InChI is InChI=1S/C16H15N3O5/c1-24-14-8-7-11(9-13(14)19(22)23)10-17-18-16(21)15(20)12-5-3-2-4-6-12/h2-10,15,20H,1H3,(H,18,21). The molecule has 2 N–H and O–H groups in total. The van der Waals surface area contributed by atoms with Gasteiger partial charge < -0.3 is 9.84 Å². The van der Waals surface area contributed by atoms with E-state index >= 15 is 0 Å². The van der Waals surface area contributed by atoms with Crippen LogP contribution in [0, 0.1) is 10.1 Å². The maximum Gasteiger partial charge on any atom is 0.311 e. The van der Waals surface area contributed by atoms with Gasteiger partial charge in [0.15, 0.2) is 11.9 Å². The highest BCUT2D eigenvalue weighted by Crippen LogP contribution is 2.26. The van der Waals surface area contributed by atoms with Crippen molar-refractivity contribution < 1.29 is 19.6 Å². The minimum absolute atomic E-state index is 0.126. The second-order valence-corrected chi connectivity index (χ2v) is 4.74. The largest absolute Gasteiger partial charge is 0.490 e. The first-order valence-corrected chi connectivity index (χ1v) is 6.91. The summed E-state index contributed by atoms with van der Waals surface area (Å²) in [5.41, 5.74) is 2.81. The second kappa shape index (κ2) is 7.84. The average molecular weight is 329 g/mol. The maximum atomic E-state index is 11.8. The number of nitro benzene ring substituents is 1. The van der Waals surface area contributed by atoms with E-state index in [0.29, 0.717) is 11.1 Å². The zero-order chi connectivity index (χ0) is 17.5. The quantitative estimate of drug-likeness (QED) is 0.476. The Hall–Kier alpha value is -3.26. The molecule has 0 aliphatic rings. The summed E-state index contributed by atoms with van der Waals surface area (Å²) in [6.07, 6.45) is -0.115. The van der Waals surface area contributed by atoms with E-state index in [1.54, 1.807) is 36.4 Å². The van der Waals surface area contributed by atoms with Crippen LogP contribution in [0.5, 0.6) is 5.75 Å². The van der Waals surface area contributed by atoms with Crippen molar-refractivity contribution in [2.45, 2.75) is 6.10 Å². The molecule has 0 fully saturated rings. The molecule has 124 valence electrons. The monoisotopic (exact) mass is 329 g/mol. The summed E-state index contributed by atoms with van der Waals surface area (Å²) >= 11 is 0. The van der Waals surface area contributed by atoms with E-state index in [2.05, 4.69) is 10.5 Å². The topological polar surface area (TPSA) is 114 Å². The summed E-state index contributed by atoms with van der Waals surface area (Å²) in [4.78, 5) is 22.2. The van der Waals surface area contributed by atoms with Crippen LogP contribution in [0.1, 0.15) is 17.2 Å². The number of methoxy groups -OCH3 is 1. The summed E-state index contributed by atoms with van der Waals surface area (Å²) in [6, 6.07) is 12.6. The third-order valence-electron chi connectivity index (χ3n) is 3.15. The number of nitrogens with one attached hydrogen (secondary N) is 1. The number of nitro groups is 1. The highest BCUT2D eigenvalue weighted by molar-refractivity contribution is 5.85. The lowest BCUT2D eigenvalue weighted by Gasteiger charge is -2.08. The van der Waals surface area contributed by atoms with Gasteiger partial charge in [0.2, 0.25) is 0 Å².